The number of halogens is 2. The van der Waals surface area contributed by atoms with E-state index < -0.39 is 12.3 Å². The third-order valence-electron chi connectivity index (χ3n) is 1.63. The van der Waals surface area contributed by atoms with Gasteiger partial charge >= 0.3 is 12.3 Å². The maximum Gasteiger partial charge on any atom is 0.387 e. The standard InChI is InChI=1S/C8H4BrClO4/c9-4-1-3(10)2-5-6(4)14-8(13-5)7(11)12/h1-2,8H,(H,11,12). The van der Waals surface area contributed by atoms with E-state index in [9.17, 15) is 4.79 Å². The zero-order chi connectivity index (χ0) is 10.3. The van der Waals surface area contributed by atoms with Crippen LogP contribution in [-0.2, 0) is 4.79 Å². The van der Waals surface area contributed by atoms with Gasteiger partial charge in [-0.05, 0) is 22.0 Å². The molecule has 1 aromatic rings. The quantitative estimate of drug-likeness (QED) is 0.857. The molecule has 6 heteroatoms. The fourth-order valence-corrected chi connectivity index (χ4v) is 1.96. The summed E-state index contributed by atoms with van der Waals surface area (Å²) in [5.41, 5.74) is 0. The first kappa shape index (κ1) is 9.61. The number of rotatable bonds is 1. The molecule has 0 saturated carbocycles. The Balaban J connectivity index is 2.39. The molecule has 1 aliphatic heterocycles. The van der Waals surface area contributed by atoms with Crippen LogP contribution in [0.25, 0.3) is 0 Å². The van der Waals surface area contributed by atoms with Crippen molar-refractivity contribution in [2.45, 2.75) is 6.29 Å². The van der Waals surface area contributed by atoms with Gasteiger partial charge in [0, 0.05) is 11.1 Å². The Hall–Kier alpha value is -0.940. The Labute approximate surface area is 92.5 Å². The van der Waals surface area contributed by atoms with Crippen molar-refractivity contribution in [1.82, 2.24) is 0 Å². The van der Waals surface area contributed by atoms with Crippen molar-refractivity contribution < 1.29 is 19.4 Å². The predicted molar refractivity (Wildman–Crippen MR) is 51.8 cm³/mol. The van der Waals surface area contributed by atoms with Gasteiger partial charge in [0.1, 0.15) is 0 Å². The summed E-state index contributed by atoms with van der Waals surface area (Å²) < 4.78 is 10.6. The number of carboxylic acids is 1. The van der Waals surface area contributed by atoms with Crippen molar-refractivity contribution in [3.05, 3.63) is 21.6 Å². The van der Waals surface area contributed by atoms with Crippen LogP contribution in [0.15, 0.2) is 16.6 Å². The van der Waals surface area contributed by atoms with Crippen LogP contribution < -0.4 is 9.47 Å². The zero-order valence-electron chi connectivity index (χ0n) is 6.66. The largest absolute Gasteiger partial charge is 0.476 e. The van der Waals surface area contributed by atoms with Crippen LogP contribution in [0.4, 0.5) is 0 Å². The van der Waals surface area contributed by atoms with Crippen molar-refractivity contribution >= 4 is 33.5 Å². The highest BCUT2D eigenvalue weighted by Crippen LogP contribution is 2.43. The van der Waals surface area contributed by atoms with E-state index in [-0.39, 0.29) is 0 Å². The number of ether oxygens (including phenoxy) is 2. The summed E-state index contributed by atoms with van der Waals surface area (Å²) in [5.74, 6) is -0.484. The van der Waals surface area contributed by atoms with Crippen LogP contribution in [0, 0.1) is 0 Å². The van der Waals surface area contributed by atoms with Crippen LogP contribution in [-0.4, -0.2) is 17.4 Å². The molecule has 1 heterocycles. The lowest BCUT2D eigenvalue weighted by Crippen LogP contribution is -2.28. The second kappa shape index (κ2) is 3.33. The van der Waals surface area contributed by atoms with E-state index in [1.165, 1.54) is 6.07 Å². The first-order chi connectivity index (χ1) is 6.58. The van der Waals surface area contributed by atoms with Gasteiger partial charge < -0.3 is 14.6 Å². The Morgan fingerprint density at radius 3 is 2.86 bits per heavy atom. The van der Waals surface area contributed by atoms with Crippen molar-refractivity contribution in [2.75, 3.05) is 0 Å². The molecule has 14 heavy (non-hydrogen) atoms. The topological polar surface area (TPSA) is 55.8 Å². The molecule has 2 rings (SSSR count). The molecule has 0 aliphatic carbocycles. The first-order valence-electron chi connectivity index (χ1n) is 3.63. The Morgan fingerprint density at radius 1 is 1.50 bits per heavy atom. The van der Waals surface area contributed by atoms with Crippen molar-refractivity contribution in [2.24, 2.45) is 0 Å². The number of benzene rings is 1. The van der Waals surface area contributed by atoms with Gasteiger partial charge in [0.25, 0.3) is 0 Å². The summed E-state index contributed by atoms with van der Waals surface area (Å²) in [6.45, 7) is 0. The maximum atomic E-state index is 10.6. The van der Waals surface area contributed by atoms with Gasteiger partial charge in [-0.2, -0.15) is 0 Å². The van der Waals surface area contributed by atoms with Gasteiger partial charge in [-0.3, -0.25) is 0 Å². The third-order valence-corrected chi connectivity index (χ3v) is 2.44. The van der Waals surface area contributed by atoms with Crippen LogP contribution in [0.3, 0.4) is 0 Å². The number of aliphatic carboxylic acids is 1. The fraction of sp³-hybridized carbons (Fsp3) is 0.125. The van der Waals surface area contributed by atoms with E-state index in [0.717, 1.165) is 0 Å². The molecular formula is C8H4BrClO4. The molecule has 0 amide bonds. The molecule has 74 valence electrons. The summed E-state index contributed by atoms with van der Waals surface area (Å²) in [6, 6.07) is 3.11. The molecule has 0 saturated heterocycles. The van der Waals surface area contributed by atoms with Crippen LogP contribution in [0.2, 0.25) is 5.02 Å². The molecule has 1 N–H and O–H groups in total. The minimum Gasteiger partial charge on any atom is -0.476 e. The van der Waals surface area contributed by atoms with E-state index >= 15 is 0 Å². The fourth-order valence-electron chi connectivity index (χ4n) is 1.09. The molecule has 1 atom stereocenters. The number of hydrogen-bond donors (Lipinski definition) is 1. The van der Waals surface area contributed by atoms with E-state index in [1.807, 2.05) is 0 Å². The molecule has 0 aromatic heterocycles. The van der Waals surface area contributed by atoms with Gasteiger partial charge in [0.15, 0.2) is 11.5 Å². The number of carbonyl (C=O) groups is 1. The summed E-state index contributed by atoms with van der Waals surface area (Å²) in [5, 5.41) is 9.10. The van der Waals surface area contributed by atoms with Crippen molar-refractivity contribution in [3.8, 4) is 11.5 Å². The Morgan fingerprint density at radius 2 is 2.21 bits per heavy atom. The highest BCUT2D eigenvalue weighted by molar-refractivity contribution is 9.10. The Bertz CT molecular complexity index is 407. The summed E-state index contributed by atoms with van der Waals surface area (Å²) in [6.07, 6.45) is -1.29. The number of hydrogen-bond acceptors (Lipinski definition) is 3. The van der Waals surface area contributed by atoms with Gasteiger partial charge in [-0.1, -0.05) is 11.6 Å². The lowest BCUT2D eigenvalue weighted by molar-refractivity contribution is -0.154. The highest BCUT2D eigenvalue weighted by Gasteiger charge is 2.32. The molecule has 0 spiro atoms. The molecule has 1 aromatic carbocycles. The zero-order valence-corrected chi connectivity index (χ0v) is 9.00. The summed E-state index contributed by atoms with van der Waals surface area (Å²) in [4.78, 5) is 10.6. The average molecular weight is 279 g/mol. The molecule has 0 fully saturated rings. The molecule has 1 aliphatic rings. The smallest absolute Gasteiger partial charge is 0.387 e. The lowest BCUT2D eigenvalue weighted by atomic mass is 10.3. The molecule has 0 bridgehead atoms. The number of fused-ring (bicyclic) bond motifs is 1. The van der Waals surface area contributed by atoms with Crippen molar-refractivity contribution in [1.29, 1.82) is 0 Å². The minimum absolute atomic E-state index is 0.330. The van der Waals surface area contributed by atoms with Gasteiger partial charge in [0.05, 0.1) is 4.47 Å². The molecular weight excluding hydrogens is 275 g/mol. The van der Waals surface area contributed by atoms with Crippen LogP contribution in [0.1, 0.15) is 0 Å². The maximum absolute atomic E-state index is 10.6. The SMILES string of the molecule is O=C(O)C1Oc2cc(Cl)cc(Br)c2O1. The number of carboxylic acid groups (broad SMARTS) is 1. The second-order valence-corrected chi connectivity index (χ2v) is 3.91. The molecule has 0 radical (unpaired) electrons. The summed E-state index contributed by atoms with van der Waals surface area (Å²) >= 11 is 8.94. The Kier molecular flexibility index (Phi) is 2.28. The van der Waals surface area contributed by atoms with Crippen molar-refractivity contribution in [3.63, 3.8) is 0 Å². The molecule has 4 nitrogen and oxygen atoms in total. The highest BCUT2D eigenvalue weighted by atomic mass is 79.9. The monoisotopic (exact) mass is 278 g/mol. The van der Waals surface area contributed by atoms with Crippen LogP contribution in [0.5, 0.6) is 11.5 Å². The second-order valence-electron chi connectivity index (χ2n) is 2.62. The van der Waals surface area contributed by atoms with E-state index in [0.29, 0.717) is 21.0 Å². The van der Waals surface area contributed by atoms with Gasteiger partial charge in [0.2, 0.25) is 0 Å². The lowest BCUT2D eigenvalue weighted by Gasteiger charge is -2.02. The van der Waals surface area contributed by atoms with E-state index in [2.05, 4.69) is 15.9 Å². The van der Waals surface area contributed by atoms with E-state index in [1.54, 1.807) is 6.07 Å². The van der Waals surface area contributed by atoms with Crippen LogP contribution >= 0.6 is 27.5 Å². The van der Waals surface area contributed by atoms with Gasteiger partial charge in [-0.25, -0.2) is 4.79 Å². The average Bonchev–Trinajstić information content (AvgIpc) is 2.47. The minimum atomic E-state index is -1.29. The summed E-state index contributed by atoms with van der Waals surface area (Å²) in [7, 11) is 0. The van der Waals surface area contributed by atoms with Gasteiger partial charge in [-0.15, -0.1) is 0 Å². The first-order valence-corrected chi connectivity index (χ1v) is 4.80. The van der Waals surface area contributed by atoms with E-state index in [4.69, 9.17) is 26.2 Å². The predicted octanol–water partition coefficient (Wildman–Crippen LogP) is 2.28. The molecule has 1 unspecified atom stereocenters. The third kappa shape index (κ3) is 1.53. The normalized spacial score (nSPS) is 18.3.